The monoisotopic (exact) mass is 407 g/mol. The molecule has 0 bridgehead atoms. The number of likely N-dealkylation sites (tertiary alicyclic amines) is 2. The maximum absolute atomic E-state index is 11.7. The van der Waals surface area contributed by atoms with E-state index in [1.807, 2.05) is 0 Å². The first kappa shape index (κ1) is 22.2. The van der Waals surface area contributed by atoms with Crippen LogP contribution in [0.3, 0.4) is 0 Å². The Bertz CT molecular complexity index is 527. The molecular formula is C22H41N5O2. The summed E-state index contributed by atoms with van der Waals surface area (Å²) >= 11 is 0. The molecule has 1 aliphatic carbocycles. The van der Waals surface area contributed by atoms with Crippen molar-refractivity contribution >= 4 is 12.1 Å². The summed E-state index contributed by atoms with van der Waals surface area (Å²) in [4.78, 5) is 21.1. The van der Waals surface area contributed by atoms with Crippen molar-refractivity contribution in [1.29, 1.82) is 0 Å². The third kappa shape index (κ3) is 6.76. The molecular weight excluding hydrogens is 366 g/mol. The van der Waals surface area contributed by atoms with E-state index in [1.165, 1.54) is 65.1 Å². The Labute approximate surface area is 176 Å². The van der Waals surface area contributed by atoms with Gasteiger partial charge < -0.3 is 20.3 Å². The lowest BCUT2D eigenvalue weighted by molar-refractivity contribution is 0.111. The molecule has 0 spiro atoms. The Hall–Kier alpha value is -1.50. The van der Waals surface area contributed by atoms with Crippen LogP contribution in [0.2, 0.25) is 0 Å². The second kappa shape index (κ2) is 11.6. The lowest BCUT2D eigenvalue weighted by atomic mass is 9.89. The molecule has 166 valence electrons. The number of piperidine rings is 1. The summed E-state index contributed by atoms with van der Waals surface area (Å²) in [5.41, 5.74) is 0. The van der Waals surface area contributed by atoms with E-state index in [9.17, 15) is 4.79 Å². The molecule has 1 atom stereocenters. The lowest BCUT2D eigenvalue weighted by Crippen LogP contribution is -2.50. The highest BCUT2D eigenvalue weighted by Gasteiger charge is 2.28. The van der Waals surface area contributed by atoms with Crippen molar-refractivity contribution in [3.8, 4) is 0 Å². The Balaban J connectivity index is 1.47. The molecule has 3 fully saturated rings. The van der Waals surface area contributed by atoms with Gasteiger partial charge in [0, 0.05) is 38.3 Å². The maximum atomic E-state index is 11.7. The van der Waals surface area contributed by atoms with E-state index in [1.54, 1.807) is 4.90 Å². The number of rotatable bonds is 6. The molecule has 3 rings (SSSR count). The number of carbonyl (C=O) groups is 1. The van der Waals surface area contributed by atoms with Crippen LogP contribution in [-0.2, 0) is 4.74 Å². The first-order valence-corrected chi connectivity index (χ1v) is 11.8. The van der Waals surface area contributed by atoms with Gasteiger partial charge in [0.05, 0.1) is 13.7 Å². The fraction of sp³-hybridized carbons (Fsp3) is 0.909. The Kier molecular flexibility index (Phi) is 8.90. The molecule has 2 N–H and O–H groups in total. The van der Waals surface area contributed by atoms with Gasteiger partial charge in [0.15, 0.2) is 5.96 Å². The average Bonchev–Trinajstić information content (AvgIpc) is 3.19. The Morgan fingerprint density at radius 2 is 1.79 bits per heavy atom. The highest BCUT2D eigenvalue weighted by Crippen LogP contribution is 2.27. The van der Waals surface area contributed by atoms with Gasteiger partial charge in [-0.25, -0.2) is 4.79 Å². The zero-order chi connectivity index (χ0) is 20.5. The van der Waals surface area contributed by atoms with Crippen LogP contribution in [0, 0.1) is 5.92 Å². The van der Waals surface area contributed by atoms with Crippen molar-refractivity contribution in [2.24, 2.45) is 10.9 Å². The molecule has 0 radical (unpaired) electrons. The number of carbonyl (C=O) groups excluding carboxylic acids is 1. The number of hydrogen-bond donors (Lipinski definition) is 2. The van der Waals surface area contributed by atoms with Gasteiger partial charge >= 0.3 is 6.09 Å². The van der Waals surface area contributed by atoms with E-state index in [0.717, 1.165) is 50.9 Å². The van der Waals surface area contributed by atoms with Gasteiger partial charge in [-0.05, 0) is 57.9 Å². The lowest BCUT2D eigenvalue weighted by Gasteiger charge is -2.32. The average molecular weight is 408 g/mol. The summed E-state index contributed by atoms with van der Waals surface area (Å²) in [7, 11) is 1.45. The van der Waals surface area contributed by atoms with Crippen LogP contribution in [-0.4, -0.2) is 80.3 Å². The van der Waals surface area contributed by atoms with Crippen molar-refractivity contribution in [1.82, 2.24) is 20.4 Å². The standard InChI is InChI=1S/C22H41N5O2/c1-3-23-21(25-19-11-14-26(15-12-19)22(28)29-2)24-16-20-10-7-13-27(20)17-18-8-5-4-6-9-18/h18-20H,3-17H2,1-2H3,(H2,23,24,25). The topological polar surface area (TPSA) is 69.2 Å². The predicted octanol–water partition coefficient (Wildman–Crippen LogP) is 2.82. The van der Waals surface area contributed by atoms with E-state index >= 15 is 0 Å². The van der Waals surface area contributed by atoms with Gasteiger partial charge in [-0.1, -0.05) is 19.3 Å². The van der Waals surface area contributed by atoms with Crippen LogP contribution in [0.5, 0.6) is 0 Å². The van der Waals surface area contributed by atoms with Crippen molar-refractivity contribution < 1.29 is 9.53 Å². The zero-order valence-electron chi connectivity index (χ0n) is 18.5. The fourth-order valence-electron chi connectivity index (χ4n) is 5.09. The number of amides is 1. The largest absolute Gasteiger partial charge is 0.453 e. The second-order valence-electron chi connectivity index (χ2n) is 8.89. The number of nitrogens with zero attached hydrogens (tertiary/aromatic N) is 3. The van der Waals surface area contributed by atoms with E-state index in [2.05, 4.69) is 22.5 Å². The molecule has 2 aliphatic heterocycles. The third-order valence-electron chi connectivity index (χ3n) is 6.79. The van der Waals surface area contributed by atoms with E-state index < -0.39 is 0 Å². The molecule has 7 nitrogen and oxygen atoms in total. The van der Waals surface area contributed by atoms with Crippen LogP contribution >= 0.6 is 0 Å². The normalized spacial score (nSPS) is 25.2. The second-order valence-corrected chi connectivity index (χ2v) is 8.89. The number of methoxy groups -OCH3 is 1. The summed E-state index contributed by atoms with van der Waals surface area (Å²) in [6, 6.07) is 0.948. The SMILES string of the molecule is CCNC(=NCC1CCCN1CC1CCCCC1)NC1CCN(C(=O)OC)CC1. The van der Waals surface area contributed by atoms with Gasteiger partial charge in [0.1, 0.15) is 0 Å². The molecule has 1 amide bonds. The highest BCUT2D eigenvalue weighted by atomic mass is 16.5. The molecule has 29 heavy (non-hydrogen) atoms. The third-order valence-corrected chi connectivity index (χ3v) is 6.79. The van der Waals surface area contributed by atoms with Gasteiger partial charge in [-0.2, -0.15) is 0 Å². The van der Waals surface area contributed by atoms with Crippen LogP contribution in [0.1, 0.15) is 64.7 Å². The Morgan fingerprint density at radius 1 is 1.03 bits per heavy atom. The van der Waals surface area contributed by atoms with Crippen LogP contribution < -0.4 is 10.6 Å². The van der Waals surface area contributed by atoms with E-state index in [4.69, 9.17) is 9.73 Å². The Morgan fingerprint density at radius 3 is 2.48 bits per heavy atom. The van der Waals surface area contributed by atoms with Crippen LogP contribution in [0.25, 0.3) is 0 Å². The van der Waals surface area contributed by atoms with Gasteiger partial charge in [-0.3, -0.25) is 9.89 Å². The van der Waals surface area contributed by atoms with Crippen molar-refractivity contribution in [3.05, 3.63) is 0 Å². The van der Waals surface area contributed by atoms with Crippen LogP contribution in [0.4, 0.5) is 4.79 Å². The number of nitrogens with one attached hydrogen (secondary N) is 2. The number of aliphatic imine (C=N–C) groups is 1. The summed E-state index contributed by atoms with van der Waals surface area (Å²) in [5, 5.41) is 7.01. The van der Waals surface area contributed by atoms with Gasteiger partial charge in [-0.15, -0.1) is 0 Å². The molecule has 0 aromatic rings. The molecule has 3 aliphatic rings. The molecule has 1 unspecified atom stereocenters. The molecule has 1 saturated carbocycles. The smallest absolute Gasteiger partial charge is 0.409 e. The van der Waals surface area contributed by atoms with Crippen LogP contribution in [0.15, 0.2) is 4.99 Å². The summed E-state index contributed by atoms with van der Waals surface area (Å²) in [5.74, 6) is 1.83. The van der Waals surface area contributed by atoms with Gasteiger partial charge in [0.2, 0.25) is 0 Å². The van der Waals surface area contributed by atoms with Crippen molar-refractivity contribution in [2.45, 2.75) is 76.8 Å². The first-order chi connectivity index (χ1) is 14.2. The maximum Gasteiger partial charge on any atom is 0.409 e. The van der Waals surface area contributed by atoms with E-state index in [-0.39, 0.29) is 6.09 Å². The molecule has 0 aromatic carbocycles. The highest BCUT2D eigenvalue weighted by molar-refractivity contribution is 5.80. The number of hydrogen-bond acceptors (Lipinski definition) is 4. The summed E-state index contributed by atoms with van der Waals surface area (Å²) in [6.45, 7) is 7.85. The zero-order valence-corrected chi connectivity index (χ0v) is 18.5. The molecule has 0 aromatic heterocycles. The van der Waals surface area contributed by atoms with Gasteiger partial charge in [0.25, 0.3) is 0 Å². The number of guanidine groups is 1. The molecule has 7 heteroatoms. The summed E-state index contributed by atoms with van der Waals surface area (Å²) < 4.78 is 4.83. The minimum absolute atomic E-state index is 0.219. The molecule has 2 heterocycles. The quantitative estimate of drug-likeness (QED) is 0.523. The minimum atomic E-state index is -0.219. The van der Waals surface area contributed by atoms with Crippen molar-refractivity contribution in [3.63, 3.8) is 0 Å². The predicted molar refractivity (Wildman–Crippen MR) is 117 cm³/mol. The number of ether oxygens (including phenoxy) is 1. The molecule has 2 saturated heterocycles. The van der Waals surface area contributed by atoms with Crippen molar-refractivity contribution in [2.75, 3.05) is 46.4 Å². The summed E-state index contributed by atoms with van der Waals surface area (Å²) in [6.07, 6.45) is 11.3. The minimum Gasteiger partial charge on any atom is -0.453 e. The fourth-order valence-corrected chi connectivity index (χ4v) is 5.09. The first-order valence-electron chi connectivity index (χ1n) is 11.8. The van der Waals surface area contributed by atoms with E-state index in [0.29, 0.717) is 12.1 Å².